The van der Waals surface area contributed by atoms with Gasteiger partial charge in [-0.2, -0.15) is 0 Å². The highest BCUT2D eigenvalue weighted by molar-refractivity contribution is 6.33. The van der Waals surface area contributed by atoms with Gasteiger partial charge >= 0.3 is 0 Å². The van der Waals surface area contributed by atoms with Crippen molar-refractivity contribution in [2.24, 2.45) is 5.92 Å². The highest BCUT2D eigenvalue weighted by Crippen LogP contribution is 2.30. The zero-order chi connectivity index (χ0) is 16.4. The Labute approximate surface area is 140 Å². The molecule has 2 atom stereocenters. The summed E-state index contributed by atoms with van der Waals surface area (Å²) in [6, 6.07) is 11.0. The summed E-state index contributed by atoms with van der Waals surface area (Å²) in [5, 5.41) is 9.94. The number of hydrogen-bond donors (Lipinski definition) is 1. The van der Waals surface area contributed by atoms with Crippen LogP contribution in [0, 0.1) is 5.92 Å². The van der Waals surface area contributed by atoms with Crippen LogP contribution < -0.4 is 0 Å². The van der Waals surface area contributed by atoms with Crippen molar-refractivity contribution in [3.8, 4) is 11.3 Å². The summed E-state index contributed by atoms with van der Waals surface area (Å²) in [5.41, 5.74) is 0.771. The number of piperidine rings is 1. The zero-order valence-corrected chi connectivity index (χ0v) is 13.8. The zero-order valence-electron chi connectivity index (χ0n) is 13.0. The molecule has 122 valence electrons. The average molecular weight is 334 g/mol. The third kappa shape index (κ3) is 3.28. The van der Waals surface area contributed by atoms with Gasteiger partial charge in [0, 0.05) is 24.8 Å². The number of benzene rings is 1. The van der Waals surface area contributed by atoms with E-state index in [0.29, 0.717) is 23.1 Å². The van der Waals surface area contributed by atoms with Gasteiger partial charge in [-0.1, -0.05) is 23.7 Å². The number of nitrogens with zero attached hydrogens (tertiary/aromatic N) is 1. The molecule has 1 fully saturated rings. The third-order valence-electron chi connectivity index (χ3n) is 4.45. The third-order valence-corrected chi connectivity index (χ3v) is 4.78. The molecule has 1 aliphatic rings. The molecule has 0 spiro atoms. The quantitative estimate of drug-likeness (QED) is 0.928. The second kappa shape index (κ2) is 6.77. The predicted molar refractivity (Wildman–Crippen MR) is 89.5 cm³/mol. The molecule has 0 aliphatic carbocycles. The number of amides is 1. The van der Waals surface area contributed by atoms with Crippen molar-refractivity contribution in [2.75, 3.05) is 13.2 Å². The first kappa shape index (κ1) is 16.1. The largest absolute Gasteiger partial charge is 0.451 e. The standard InChI is InChI=1S/C18H20ClNO3/c1-12-6-7-13(11-21)10-20(12)18(22)17-9-8-16(23-17)14-4-2-3-5-15(14)19/h2-5,8-9,12-13,21H,6-7,10-11H2,1H3. The number of rotatable bonds is 3. The van der Waals surface area contributed by atoms with E-state index in [4.69, 9.17) is 16.0 Å². The molecule has 1 N–H and O–H groups in total. The molecule has 2 heterocycles. The molecule has 1 aliphatic heterocycles. The lowest BCUT2D eigenvalue weighted by molar-refractivity contribution is 0.0460. The van der Waals surface area contributed by atoms with Crippen LogP contribution in [-0.2, 0) is 0 Å². The maximum Gasteiger partial charge on any atom is 0.289 e. The van der Waals surface area contributed by atoms with Crippen molar-refractivity contribution in [3.05, 3.63) is 47.2 Å². The molecule has 4 nitrogen and oxygen atoms in total. The Kier molecular flexibility index (Phi) is 4.74. The number of carbonyl (C=O) groups excluding carboxylic acids is 1. The number of aliphatic hydroxyl groups is 1. The molecule has 0 radical (unpaired) electrons. The first-order valence-electron chi connectivity index (χ1n) is 7.86. The number of hydrogen-bond acceptors (Lipinski definition) is 3. The maximum absolute atomic E-state index is 12.7. The lowest BCUT2D eigenvalue weighted by Crippen LogP contribution is -2.46. The SMILES string of the molecule is CC1CCC(CO)CN1C(=O)c1ccc(-c2ccccc2Cl)o1. The summed E-state index contributed by atoms with van der Waals surface area (Å²) in [4.78, 5) is 14.5. The molecule has 5 heteroatoms. The fourth-order valence-electron chi connectivity index (χ4n) is 3.01. The van der Waals surface area contributed by atoms with Gasteiger partial charge in [0.25, 0.3) is 5.91 Å². The van der Waals surface area contributed by atoms with Crippen molar-refractivity contribution in [2.45, 2.75) is 25.8 Å². The van der Waals surface area contributed by atoms with Crippen LogP contribution in [0.15, 0.2) is 40.8 Å². The van der Waals surface area contributed by atoms with Crippen molar-refractivity contribution < 1.29 is 14.3 Å². The maximum atomic E-state index is 12.7. The van der Waals surface area contributed by atoms with Gasteiger partial charge in [-0.25, -0.2) is 0 Å². The van der Waals surface area contributed by atoms with E-state index in [2.05, 4.69) is 0 Å². The van der Waals surface area contributed by atoms with Gasteiger partial charge in [0.05, 0.1) is 5.02 Å². The Balaban J connectivity index is 1.82. The minimum atomic E-state index is -0.131. The molecular weight excluding hydrogens is 314 g/mol. The first-order valence-corrected chi connectivity index (χ1v) is 8.24. The van der Waals surface area contributed by atoms with E-state index < -0.39 is 0 Å². The number of carbonyl (C=O) groups is 1. The van der Waals surface area contributed by atoms with E-state index in [9.17, 15) is 9.90 Å². The van der Waals surface area contributed by atoms with Gasteiger partial charge in [-0.15, -0.1) is 0 Å². The summed E-state index contributed by atoms with van der Waals surface area (Å²) in [6.45, 7) is 2.71. The second-order valence-electron chi connectivity index (χ2n) is 6.08. The van der Waals surface area contributed by atoms with E-state index in [-0.39, 0.29) is 24.5 Å². The summed E-state index contributed by atoms with van der Waals surface area (Å²) in [7, 11) is 0. The van der Waals surface area contributed by atoms with Gasteiger partial charge in [-0.05, 0) is 49.9 Å². The van der Waals surface area contributed by atoms with Crippen molar-refractivity contribution >= 4 is 17.5 Å². The fraction of sp³-hybridized carbons (Fsp3) is 0.389. The predicted octanol–water partition coefficient (Wildman–Crippen LogP) is 3.83. The average Bonchev–Trinajstić information content (AvgIpc) is 3.05. The smallest absolute Gasteiger partial charge is 0.289 e. The van der Waals surface area contributed by atoms with Gasteiger partial charge in [0.1, 0.15) is 5.76 Å². The molecule has 1 aromatic heterocycles. The Hall–Kier alpha value is -1.78. The monoisotopic (exact) mass is 333 g/mol. The Morgan fingerprint density at radius 2 is 2.09 bits per heavy atom. The van der Waals surface area contributed by atoms with Crippen LogP contribution in [0.4, 0.5) is 0 Å². The van der Waals surface area contributed by atoms with Crippen molar-refractivity contribution in [1.82, 2.24) is 4.90 Å². The van der Waals surface area contributed by atoms with E-state index >= 15 is 0 Å². The normalized spacial score (nSPS) is 21.4. The molecule has 0 saturated carbocycles. The second-order valence-corrected chi connectivity index (χ2v) is 6.48. The topological polar surface area (TPSA) is 53.7 Å². The van der Waals surface area contributed by atoms with Gasteiger partial charge in [0.15, 0.2) is 5.76 Å². The van der Waals surface area contributed by atoms with Crippen LogP contribution in [-0.4, -0.2) is 35.1 Å². The molecule has 1 amide bonds. The Bertz CT molecular complexity index is 697. The number of halogens is 1. The molecule has 1 aromatic carbocycles. The lowest BCUT2D eigenvalue weighted by atomic mass is 9.94. The van der Waals surface area contributed by atoms with Gasteiger partial charge < -0.3 is 14.4 Å². The molecular formula is C18H20ClNO3. The molecule has 1 saturated heterocycles. The van der Waals surface area contributed by atoms with Crippen LogP contribution in [0.2, 0.25) is 5.02 Å². The summed E-state index contributed by atoms with van der Waals surface area (Å²) in [5.74, 6) is 0.912. The van der Waals surface area contributed by atoms with Crippen LogP contribution in [0.25, 0.3) is 11.3 Å². The van der Waals surface area contributed by atoms with Crippen molar-refractivity contribution in [1.29, 1.82) is 0 Å². The van der Waals surface area contributed by atoms with Crippen LogP contribution >= 0.6 is 11.6 Å². The summed E-state index contributed by atoms with van der Waals surface area (Å²) >= 11 is 6.17. The highest BCUT2D eigenvalue weighted by atomic mass is 35.5. The minimum absolute atomic E-state index is 0.111. The fourth-order valence-corrected chi connectivity index (χ4v) is 3.24. The van der Waals surface area contributed by atoms with Crippen LogP contribution in [0.1, 0.15) is 30.3 Å². The lowest BCUT2D eigenvalue weighted by Gasteiger charge is -2.36. The number of aliphatic hydroxyl groups excluding tert-OH is 1. The van der Waals surface area contributed by atoms with E-state index in [1.165, 1.54) is 0 Å². The molecule has 0 bridgehead atoms. The van der Waals surface area contributed by atoms with Crippen LogP contribution in [0.5, 0.6) is 0 Å². The molecule has 3 rings (SSSR count). The molecule has 23 heavy (non-hydrogen) atoms. The van der Waals surface area contributed by atoms with Crippen molar-refractivity contribution in [3.63, 3.8) is 0 Å². The summed E-state index contributed by atoms with van der Waals surface area (Å²) in [6.07, 6.45) is 1.85. The van der Waals surface area contributed by atoms with E-state index in [1.54, 1.807) is 23.1 Å². The number of furan rings is 1. The first-order chi connectivity index (χ1) is 11.1. The van der Waals surface area contributed by atoms with Crippen LogP contribution in [0.3, 0.4) is 0 Å². The molecule has 2 unspecified atom stereocenters. The minimum Gasteiger partial charge on any atom is -0.451 e. The highest BCUT2D eigenvalue weighted by Gasteiger charge is 2.30. The van der Waals surface area contributed by atoms with Gasteiger partial charge in [-0.3, -0.25) is 4.79 Å². The molecule has 2 aromatic rings. The Morgan fingerprint density at radius 3 is 2.83 bits per heavy atom. The number of likely N-dealkylation sites (tertiary alicyclic amines) is 1. The van der Waals surface area contributed by atoms with E-state index in [1.807, 2.05) is 25.1 Å². The Morgan fingerprint density at radius 1 is 1.30 bits per heavy atom. The summed E-state index contributed by atoms with van der Waals surface area (Å²) < 4.78 is 5.74. The van der Waals surface area contributed by atoms with E-state index in [0.717, 1.165) is 18.4 Å². The van der Waals surface area contributed by atoms with Gasteiger partial charge in [0.2, 0.25) is 0 Å².